The Labute approximate surface area is 142 Å². The number of rotatable bonds is 5. The molecule has 2 aromatic carbocycles. The molecule has 0 saturated carbocycles. The Kier molecular flexibility index (Phi) is 5.60. The van der Waals surface area contributed by atoms with E-state index in [1.165, 1.54) is 0 Å². The summed E-state index contributed by atoms with van der Waals surface area (Å²) in [5.41, 5.74) is 4.02. The number of aryl methyl sites for hydroxylation is 2. The van der Waals surface area contributed by atoms with Crippen molar-refractivity contribution in [2.45, 2.75) is 27.7 Å². The summed E-state index contributed by atoms with van der Waals surface area (Å²) in [4.78, 5) is 0. The first-order valence-electron chi connectivity index (χ1n) is 7.35. The molecule has 0 unspecified atom stereocenters. The van der Waals surface area contributed by atoms with E-state index in [0.29, 0.717) is 34.8 Å². The second-order valence-corrected chi connectivity index (χ2v) is 5.82. The highest BCUT2D eigenvalue weighted by Crippen LogP contribution is 2.46. The van der Waals surface area contributed by atoms with E-state index >= 15 is 0 Å². The van der Waals surface area contributed by atoms with Crippen LogP contribution in [0.3, 0.4) is 0 Å². The first-order valence-corrected chi connectivity index (χ1v) is 8.11. The molecule has 0 bridgehead atoms. The lowest BCUT2D eigenvalue weighted by atomic mass is 9.94. The standard InChI is InChI=1S/C18H20Cl2O2/c1-5-21-17-13(19)9-7-11(3)15(17)16-12(4)8-10-14(20)18(16)22-6-2/h7-10H,5-6H2,1-4H3. The van der Waals surface area contributed by atoms with Crippen molar-refractivity contribution >= 4 is 23.2 Å². The minimum atomic E-state index is 0.541. The largest absolute Gasteiger partial charge is 0.492 e. The Morgan fingerprint density at radius 2 is 1.09 bits per heavy atom. The molecule has 0 fully saturated rings. The molecule has 0 radical (unpaired) electrons. The number of benzene rings is 2. The van der Waals surface area contributed by atoms with Crippen LogP contribution in [-0.4, -0.2) is 13.2 Å². The van der Waals surface area contributed by atoms with Gasteiger partial charge in [-0.25, -0.2) is 0 Å². The van der Waals surface area contributed by atoms with E-state index in [9.17, 15) is 0 Å². The van der Waals surface area contributed by atoms with E-state index in [1.807, 2.05) is 52.0 Å². The van der Waals surface area contributed by atoms with Crippen molar-refractivity contribution in [3.63, 3.8) is 0 Å². The summed E-state index contributed by atoms with van der Waals surface area (Å²) in [5, 5.41) is 1.17. The SMILES string of the molecule is CCOc1c(Cl)ccc(C)c1-c1c(C)ccc(Cl)c1OCC. The summed E-state index contributed by atoms with van der Waals surface area (Å²) >= 11 is 12.7. The zero-order chi connectivity index (χ0) is 16.3. The van der Waals surface area contributed by atoms with E-state index in [1.54, 1.807) is 0 Å². The van der Waals surface area contributed by atoms with Gasteiger partial charge in [0.2, 0.25) is 0 Å². The van der Waals surface area contributed by atoms with Crippen LogP contribution in [-0.2, 0) is 0 Å². The highest BCUT2D eigenvalue weighted by Gasteiger charge is 2.21. The van der Waals surface area contributed by atoms with Crippen LogP contribution in [0.2, 0.25) is 10.0 Å². The van der Waals surface area contributed by atoms with Crippen LogP contribution in [0.4, 0.5) is 0 Å². The fraction of sp³-hybridized carbons (Fsp3) is 0.333. The molecule has 118 valence electrons. The summed E-state index contributed by atoms with van der Waals surface area (Å²) in [5.74, 6) is 1.35. The first-order chi connectivity index (χ1) is 10.5. The fourth-order valence-electron chi connectivity index (χ4n) is 2.50. The third-order valence-corrected chi connectivity index (χ3v) is 4.06. The predicted octanol–water partition coefficient (Wildman–Crippen LogP) is 6.07. The topological polar surface area (TPSA) is 18.5 Å². The Morgan fingerprint density at radius 1 is 0.727 bits per heavy atom. The molecule has 4 heteroatoms. The zero-order valence-electron chi connectivity index (χ0n) is 13.3. The smallest absolute Gasteiger partial charge is 0.146 e. The van der Waals surface area contributed by atoms with E-state index in [-0.39, 0.29) is 0 Å². The summed E-state index contributed by atoms with van der Waals surface area (Å²) in [6.45, 7) is 9.03. The van der Waals surface area contributed by atoms with E-state index in [0.717, 1.165) is 22.3 Å². The van der Waals surface area contributed by atoms with Crippen molar-refractivity contribution in [2.75, 3.05) is 13.2 Å². The van der Waals surface area contributed by atoms with Gasteiger partial charge in [-0.2, -0.15) is 0 Å². The third-order valence-electron chi connectivity index (χ3n) is 3.46. The van der Waals surface area contributed by atoms with Crippen molar-refractivity contribution in [3.05, 3.63) is 45.4 Å². The maximum Gasteiger partial charge on any atom is 0.146 e. The summed E-state index contributed by atoms with van der Waals surface area (Å²) in [6.07, 6.45) is 0. The summed E-state index contributed by atoms with van der Waals surface area (Å²) in [6, 6.07) is 7.67. The molecule has 0 atom stereocenters. The van der Waals surface area contributed by atoms with Crippen molar-refractivity contribution in [3.8, 4) is 22.6 Å². The van der Waals surface area contributed by atoms with Crippen molar-refractivity contribution < 1.29 is 9.47 Å². The van der Waals surface area contributed by atoms with Crippen LogP contribution in [0, 0.1) is 13.8 Å². The Balaban J connectivity index is 2.81. The number of hydrogen-bond donors (Lipinski definition) is 0. The fourth-order valence-corrected chi connectivity index (χ4v) is 2.93. The second kappa shape index (κ2) is 7.26. The Morgan fingerprint density at radius 3 is 1.41 bits per heavy atom. The van der Waals surface area contributed by atoms with Gasteiger partial charge in [-0.05, 0) is 51.0 Å². The van der Waals surface area contributed by atoms with Crippen molar-refractivity contribution in [2.24, 2.45) is 0 Å². The molecule has 0 N–H and O–H groups in total. The molecule has 0 aromatic heterocycles. The van der Waals surface area contributed by atoms with Crippen LogP contribution in [0.25, 0.3) is 11.1 Å². The number of ether oxygens (including phenoxy) is 2. The highest BCUT2D eigenvalue weighted by molar-refractivity contribution is 6.33. The molecule has 2 aromatic rings. The summed E-state index contributed by atoms with van der Waals surface area (Å²) in [7, 11) is 0. The average molecular weight is 339 g/mol. The number of hydrogen-bond acceptors (Lipinski definition) is 2. The Bertz CT molecular complexity index is 622. The predicted molar refractivity (Wildman–Crippen MR) is 93.7 cm³/mol. The van der Waals surface area contributed by atoms with Crippen LogP contribution in [0.5, 0.6) is 11.5 Å². The van der Waals surface area contributed by atoms with E-state index in [2.05, 4.69) is 0 Å². The zero-order valence-corrected chi connectivity index (χ0v) is 14.8. The molecule has 2 rings (SSSR count). The average Bonchev–Trinajstić information content (AvgIpc) is 2.49. The molecule has 0 aliphatic rings. The Hall–Kier alpha value is -1.38. The van der Waals surface area contributed by atoms with Gasteiger partial charge in [0.15, 0.2) is 0 Å². The van der Waals surface area contributed by atoms with Crippen LogP contribution >= 0.6 is 23.2 Å². The quantitative estimate of drug-likeness (QED) is 0.658. The van der Waals surface area contributed by atoms with Gasteiger partial charge in [0.1, 0.15) is 11.5 Å². The molecule has 2 nitrogen and oxygen atoms in total. The summed E-state index contributed by atoms with van der Waals surface area (Å²) < 4.78 is 11.6. The highest BCUT2D eigenvalue weighted by atomic mass is 35.5. The molecule has 0 aliphatic heterocycles. The lowest BCUT2D eigenvalue weighted by molar-refractivity contribution is 0.336. The third kappa shape index (κ3) is 3.18. The van der Waals surface area contributed by atoms with Crippen molar-refractivity contribution in [1.29, 1.82) is 0 Å². The molecule has 0 saturated heterocycles. The van der Waals surface area contributed by atoms with Crippen LogP contribution < -0.4 is 9.47 Å². The van der Waals surface area contributed by atoms with Gasteiger partial charge < -0.3 is 9.47 Å². The molecule has 22 heavy (non-hydrogen) atoms. The second-order valence-electron chi connectivity index (χ2n) is 5.00. The van der Waals surface area contributed by atoms with Crippen LogP contribution in [0.15, 0.2) is 24.3 Å². The van der Waals surface area contributed by atoms with Gasteiger partial charge in [0.05, 0.1) is 23.3 Å². The molecule has 0 aliphatic carbocycles. The number of halogens is 2. The van der Waals surface area contributed by atoms with E-state index in [4.69, 9.17) is 32.7 Å². The normalized spacial score (nSPS) is 10.6. The lowest BCUT2D eigenvalue weighted by Crippen LogP contribution is -2.01. The van der Waals surface area contributed by atoms with Crippen LogP contribution in [0.1, 0.15) is 25.0 Å². The molecule has 0 heterocycles. The van der Waals surface area contributed by atoms with Gasteiger partial charge in [-0.1, -0.05) is 35.3 Å². The van der Waals surface area contributed by atoms with Gasteiger partial charge in [-0.3, -0.25) is 0 Å². The minimum absolute atomic E-state index is 0.541. The maximum atomic E-state index is 6.35. The van der Waals surface area contributed by atoms with E-state index < -0.39 is 0 Å². The van der Waals surface area contributed by atoms with Gasteiger partial charge in [0, 0.05) is 11.1 Å². The lowest BCUT2D eigenvalue weighted by Gasteiger charge is -2.20. The monoisotopic (exact) mass is 338 g/mol. The molecular weight excluding hydrogens is 319 g/mol. The molecule has 0 amide bonds. The first kappa shape index (κ1) is 17.0. The molecule has 0 spiro atoms. The molecular formula is C18H20Cl2O2. The van der Waals surface area contributed by atoms with Gasteiger partial charge >= 0.3 is 0 Å². The maximum absolute atomic E-state index is 6.35. The van der Waals surface area contributed by atoms with Gasteiger partial charge in [0.25, 0.3) is 0 Å². The minimum Gasteiger partial charge on any atom is -0.492 e. The van der Waals surface area contributed by atoms with Gasteiger partial charge in [-0.15, -0.1) is 0 Å². The van der Waals surface area contributed by atoms with Crippen molar-refractivity contribution in [1.82, 2.24) is 0 Å².